The minimum absolute atomic E-state index is 0.227. The Morgan fingerprint density at radius 1 is 1.17 bits per heavy atom. The van der Waals surface area contributed by atoms with E-state index < -0.39 is 10.0 Å². The first-order valence-electron chi connectivity index (χ1n) is 10.3. The minimum Gasteiger partial charge on any atom is -0.445 e. The number of benzene rings is 1. The number of likely N-dealkylation sites (tertiary alicyclic amines) is 1. The summed E-state index contributed by atoms with van der Waals surface area (Å²) in [6.45, 7) is 3.10. The number of nitrogens with zero attached hydrogens (tertiary/aromatic N) is 3. The average molecular weight is 422 g/mol. The van der Waals surface area contributed by atoms with E-state index in [2.05, 4.69) is 9.88 Å². The van der Waals surface area contributed by atoms with Crippen molar-refractivity contribution < 1.29 is 17.2 Å². The van der Waals surface area contributed by atoms with E-state index in [1.165, 1.54) is 12.3 Å². The smallest absolute Gasteiger partial charge is 0.211 e. The van der Waals surface area contributed by atoms with E-state index >= 15 is 0 Å². The maximum Gasteiger partial charge on any atom is 0.211 e. The van der Waals surface area contributed by atoms with E-state index in [1.807, 2.05) is 6.07 Å². The molecule has 2 aromatic rings. The summed E-state index contributed by atoms with van der Waals surface area (Å²) in [4.78, 5) is 6.95. The molecule has 1 aromatic heterocycles. The summed E-state index contributed by atoms with van der Waals surface area (Å²) in [6, 6.07) is 7.14. The zero-order chi connectivity index (χ0) is 20.4. The molecule has 0 bridgehead atoms. The van der Waals surface area contributed by atoms with Crippen LogP contribution in [0.2, 0.25) is 0 Å². The normalized spacial score (nSPS) is 22.8. The Morgan fingerprint density at radius 3 is 2.66 bits per heavy atom. The molecule has 2 aliphatic rings. The Labute approximate surface area is 171 Å². The fourth-order valence-electron chi connectivity index (χ4n) is 4.50. The molecule has 0 aliphatic carbocycles. The summed E-state index contributed by atoms with van der Waals surface area (Å²) in [5.74, 6) is 1.42. The molecule has 1 aromatic carbocycles. The molecule has 2 aliphatic heterocycles. The van der Waals surface area contributed by atoms with Crippen LogP contribution in [0.3, 0.4) is 0 Å². The highest BCUT2D eigenvalue weighted by Gasteiger charge is 2.33. The predicted octanol–water partition coefficient (Wildman–Crippen LogP) is 3.01. The molecule has 1 atom stereocenters. The van der Waals surface area contributed by atoms with Crippen molar-refractivity contribution in [1.82, 2.24) is 14.2 Å². The van der Waals surface area contributed by atoms with Crippen LogP contribution in [0, 0.1) is 5.82 Å². The summed E-state index contributed by atoms with van der Waals surface area (Å²) in [6.07, 6.45) is 7.23. The van der Waals surface area contributed by atoms with Gasteiger partial charge in [0.25, 0.3) is 0 Å². The van der Waals surface area contributed by atoms with Gasteiger partial charge in [0.05, 0.1) is 12.5 Å². The summed E-state index contributed by atoms with van der Waals surface area (Å²) in [5.41, 5.74) is 0.609. The highest BCUT2D eigenvalue weighted by Crippen LogP contribution is 2.30. The third kappa shape index (κ3) is 4.87. The largest absolute Gasteiger partial charge is 0.445 e. The molecule has 0 N–H and O–H groups in total. The zero-order valence-electron chi connectivity index (χ0n) is 16.8. The van der Waals surface area contributed by atoms with Crippen LogP contribution < -0.4 is 0 Å². The molecule has 2 fully saturated rings. The van der Waals surface area contributed by atoms with Gasteiger partial charge in [-0.25, -0.2) is 22.1 Å². The van der Waals surface area contributed by atoms with Crippen LogP contribution in [0.4, 0.5) is 4.39 Å². The molecule has 2 saturated heterocycles. The molecule has 8 heteroatoms. The molecule has 0 amide bonds. The molecule has 29 heavy (non-hydrogen) atoms. The summed E-state index contributed by atoms with van der Waals surface area (Å²) in [7, 11) is -3.10. The number of hydrogen-bond acceptors (Lipinski definition) is 5. The molecule has 0 radical (unpaired) electrons. The van der Waals surface area contributed by atoms with Gasteiger partial charge >= 0.3 is 0 Å². The number of sulfonamides is 1. The monoisotopic (exact) mass is 421 g/mol. The van der Waals surface area contributed by atoms with Gasteiger partial charge in [-0.05, 0) is 43.9 Å². The summed E-state index contributed by atoms with van der Waals surface area (Å²) >= 11 is 0. The Hall–Kier alpha value is -1.77. The lowest BCUT2D eigenvalue weighted by atomic mass is 9.94. The third-order valence-electron chi connectivity index (χ3n) is 6.10. The van der Waals surface area contributed by atoms with Crippen LogP contribution in [0.25, 0.3) is 0 Å². The molecular weight excluding hydrogens is 393 g/mol. The van der Waals surface area contributed by atoms with E-state index in [0.29, 0.717) is 36.9 Å². The predicted molar refractivity (Wildman–Crippen MR) is 109 cm³/mol. The first kappa shape index (κ1) is 20.5. The molecular formula is C21H28FN3O3S. The number of oxazole rings is 1. The molecule has 3 heterocycles. The summed E-state index contributed by atoms with van der Waals surface area (Å²) in [5, 5.41) is 0. The van der Waals surface area contributed by atoms with Crippen molar-refractivity contribution in [3.05, 3.63) is 53.5 Å². The second kappa shape index (κ2) is 8.53. The molecule has 158 valence electrons. The maximum atomic E-state index is 13.9. The van der Waals surface area contributed by atoms with Crippen molar-refractivity contribution in [3.63, 3.8) is 0 Å². The van der Waals surface area contributed by atoms with Crippen molar-refractivity contribution in [2.75, 3.05) is 32.4 Å². The van der Waals surface area contributed by atoms with Crippen LogP contribution >= 0.6 is 0 Å². The Kier molecular flexibility index (Phi) is 6.03. The van der Waals surface area contributed by atoms with Gasteiger partial charge in [-0.3, -0.25) is 4.90 Å². The quantitative estimate of drug-likeness (QED) is 0.743. The average Bonchev–Trinajstić information content (AvgIpc) is 3.18. The SMILES string of the molecule is CS(=O)(=O)N1CCC(N2CCCC(c3ncc(Cc4ccccc4F)o3)C2)CC1. The van der Waals surface area contributed by atoms with Crippen LogP contribution in [-0.2, 0) is 16.4 Å². The number of aromatic nitrogens is 1. The second-order valence-electron chi connectivity index (χ2n) is 8.16. The first-order valence-corrected chi connectivity index (χ1v) is 12.1. The van der Waals surface area contributed by atoms with Crippen LogP contribution in [0.15, 0.2) is 34.9 Å². The van der Waals surface area contributed by atoms with Gasteiger partial charge in [0.15, 0.2) is 5.89 Å². The van der Waals surface area contributed by atoms with Crippen molar-refractivity contribution in [2.24, 2.45) is 0 Å². The second-order valence-corrected chi connectivity index (χ2v) is 10.1. The van der Waals surface area contributed by atoms with Crippen molar-refractivity contribution >= 4 is 10.0 Å². The Balaban J connectivity index is 1.37. The maximum absolute atomic E-state index is 13.9. The number of hydrogen-bond donors (Lipinski definition) is 0. The van der Waals surface area contributed by atoms with Gasteiger partial charge in [-0.1, -0.05) is 18.2 Å². The summed E-state index contributed by atoms with van der Waals surface area (Å²) < 4.78 is 44.9. The molecule has 1 unspecified atom stereocenters. The molecule has 6 nitrogen and oxygen atoms in total. The lowest BCUT2D eigenvalue weighted by molar-refractivity contribution is 0.101. The molecule has 0 spiro atoms. The van der Waals surface area contributed by atoms with Crippen LogP contribution in [-0.4, -0.2) is 61.1 Å². The topological polar surface area (TPSA) is 66.7 Å². The number of piperidine rings is 2. The van der Waals surface area contributed by atoms with Gasteiger partial charge in [0, 0.05) is 38.0 Å². The fourth-order valence-corrected chi connectivity index (χ4v) is 5.38. The highest BCUT2D eigenvalue weighted by molar-refractivity contribution is 7.88. The van der Waals surface area contributed by atoms with Crippen molar-refractivity contribution in [3.8, 4) is 0 Å². The van der Waals surface area contributed by atoms with E-state index in [9.17, 15) is 12.8 Å². The van der Waals surface area contributed by atoms with Gasteiger partial charge in [0.1, 0.15) is 11.6 Å². The van der Waals surface area contributed by atoms with Gasteiger partial charge in [-0.2, -0.15) is 0 Å². The van der Waals surface area contributed by atoms with Gasteiger partial charge < -0.3 is 4.42 Å². The highest BCUT2D eigenvalue weighted by atomic mass is 32.2. The van der Waals surface area contributed by atoms with Crippen LogP contribution in [0.5, 0.6) is 0 Å². The number of halogens is 1. The lowest BCUT2D eigenvalue weighted by Crippen LogP contribution is -2.49. The van der Waals surface area contributed by atoms with E-state index in [0.717, 1.165) is 44.7 Å². The minimum atomic E-state index is -3.10. The Morgan fingerprint density at radius 2 is 1.93 bits per heavy atom. The van der Waals surface area contributed by atoms with Crippen molar-refractivity contribution in [2.45, 2.75) is 44.1 Å². The fraction of sp³-hybridized carbons (Fsp3) is 0.571. The lowest BCUT2D eigenvalue weighted by Gasteiger charge is -2.41. The van der Waals surface area contributed by atoms with Crippen molar-refractivity contribution in [1.29, 1.82) is 0 Å². The van der Waals surface area contributed by atoms with Crippen LogP contribution in [0.1, 0.15) is 48.8 Å². The molecule has 0 saturated carbocycles. The molecule has 4 rings (SSSR count). The standard InChI is InChI=1S/C21H28FN3O3S/c1-29(26,27)25-11-8-18(9-12-25)24-10-4-6-17(15-24)21-23-14-19(28-21)13-16-5-2-3-7-20(16)22/h2-3,5,7,14,17-18H,4,6,8-13,15H2,1H3. The van der Waals surface area contributed by atoms with Gasteiger partial charge in [0.2, 0.25) is 10.0 Å². The Bertz CT molecular complexity index is 938. The van der Waals surface area contributed by atoms with E-state index in [1.54, 1.807) is 22.6 Å². The number of rotatable bonds is 5. The first-order chi connectivity index (χ1) is 13.9. The van der Waals surface area contributed by atoms with E-state index in [-0.39, 0.29) is 11.7 Å². The third-order valence-corrected chi connectivity index (χ3v) is 7.41. The van der Waals surface area contributed by atoms with E-state index in [4.69, 9.17) is 4.42 Å². The zero-order valence-corrected chi connectivity index (χ0v) is 17.6. The van der Waals surface area contributed by atoms with Gasteiger partial charge in [-0.15, -0.1) is 0 Å².